The van der Waals surface area contributed by atoms with E-state index in [0.717, 1.165) is 17.5 Å². The number of benzene rings is 1. The van der Waals surface area contributed by atoms with Crippen LogP contribution in [0, 0.1) is 19.8 Å². The van der Waals surface area contributed by atoms with Gasteiger partial charge in [-0.25, -0.2) is 8.42 Å². The molecule has 0 bridgehead atoms. The van der Waals surface area contributed by atoms with Crippen LogP contribution >= 0.6 is 0 Å². The van der Waals surface area contributed by atoms with Crippen LogP contribution in [0.4, 0.5) is 0 Å². The van der Waals surface area contributed by atoms with Gasteiger partial charge in [0.05, 0.1) is 4.90 Å². The number of rotatable bonds is 3. The highest BCUT2D eigenvalue weighted by molar-refractivity contribution is 7.89. The molecule has 1 heterocycles. The minimum Gasteiger partial charge on any atom is -0.328 e. The summed E-state index contributed by atoms with van der Waals surface area (Å²) < 4.78 is 26.7. The van der Waals surface area contributed by atoms with Gasteiger partial charge in [-0.1, -0.05) is 6.07 Å². The summed E-state index contributed by atoms with van der Waals surface area (Å²) in [6.07, 6.45) is 0.849. The molecule has 1 fully saturated rings. The van der Waals surface area contributed by atoms with Gasteiger partial charge in [0.25, 0.3) is 0 Å². The van der Waals surface area contributed by atoms with E-state index in [9.17, 15) is 8.42 Å². The second-order valence-electron chi connectivity index (χ2n) is 5.59. The lowest BCUT2D eigenvalue weighted by Crippen LogP contribution is -2.33. The Morgan fingerprint density at radius 2 is 1.84 bits per heavy atom. The molecule has 1 aliphatic heterocycles. The summed E-state index contributed by atoms with van der Waals surface area (Å²) in [5.41, 5.74) is 7.82. The van der Waals surface area contributed by atoms with Crippen LogP contribution in [0.5, 0.6) is 0 Å². The normalized spacial score (nSPS) is 22.6. The molecular formula is C14H22N2O2S. The van der Waals surface area contributed by atoms with Gasteiger partial charge in [-0.3, -0.25) is 0 Å². The molecule has 2 rings (SSSR count). The van der Waals surface area contributed by atoms with Gasteiger partial charge in [-0.15, -0.1) is 0 Å². The third-order valence-corrected chi connectivity index (χ3v) is 5.61. The molecule has 106 valence electrons. The molecule has 0 aromatic heterocycles. The van der Waals surface area contributed by atoms with Crippen LogP contribution in [-0.4, -0.2) is 31.9 Å². The van der Waals surface area contributed by atoms with E-state index >= 15 is 0 Å². The first-order valence-electron chi connectivity index (χ1n) is 6.65. The Labute approximate surface area is 115 Å². The second-order valence-corrected chi connectivity index (χ2v) is 7.53. The summed E-state index contributed by atoms with van der Waals surface area (Å²) in [5.74, 6) is 0.265. The number of sulfonamides is 1. The molecule has 4 nitrogen and oxygen atoms in total. The fourth-order valence-corrected chi connectivity index (χ4v) is 4.33. The molecule has 1 aromatic rings. The van der Waals surface area contributed by atoms with E-state index < -0.39 is 10.0 Å². The van der Waals surface area contributed by atoms with Crippen molar-refractivity contribution in [1.82, 2.24) is 4.31 Å². The lowest BCUT2D eigenvalue weighted by molar-refractivity contribution is 0.429. The Kier molecular flexibility index (Phi) is 3.99. The molecule has 2 N–H and O–H groups in total. The number of hydrogen-bond acceptors (Lipinski definition) is 3. The second kappa shape index (κ2) is 5.23. The first-order chi connectivity index (χ1) is 8.80. The Morgan fingerprint density at radius 1 is 1.26 bits per heavy atom. The van der Waals surface area contributed by atoms with Crippen molar-refractivity contribution in [1.29, 1.82) is 0 Å². The first kappa shape index (κ1) is 14.5. The molecule has 2 unspecified atom stereocenters. The zero-order chi connectivity index (χ0) is 14.2. The minimum atomic E-state index is -3.37. The van der Waals surface area contributed by atoms with Crippen LogP contribution in [0.1, 0.15) is 24.5 Å². The fraction of sp³-hybridized carbons (Fsp3) is 0.571. The van der Waals surface area contributed by atoms with E-state index in [1.54, 1.807) is 16.4 Å². The average molecular weight is 282 g/mol. The van der Waals surface area contributed by atoms with Crippen molar-refractivity contribution in [2.75, 3.05) is 13.1 Å². The molecule has 5 heteroatoms. The summed E-state index contributed by atoms with van der Waals surface area (Å²) in [7, 11) is -3.37. The molecule has 1 saturated heterocycles. The first-order valence-corrected chi connectivity index (χ1v) is 8.09. The Bertz CT molecular complexity index is 547. The van der Waals surface area contributed by atoms with Gasteiger partial charge in [-0.05, 0) is 56.4 Å². The molecule has 1 aliphatic rings. The quantitative estimate of drug-likeness (QED) is 0.917. The van der Waals surface area contributed by atoms with Gasteiger partial charge in [0.1, 0.15) is 0 Å². The highest BCUT2D eigenvalue weighted by atomic mass is 32.2. The van der Waals surface area contributed by atoms with E-state index in [1.165, 1.54) is 0 Å². The van der Waals surface area contributed by atoms with E-state index in [-0.39, 0.29) is 12.0 Å². The zero-order valence-corrected chi connectivity index (χ0v) is 12.6. The number of aryl methyl sites for hydroxylation is 2. The smallest absolute Gasteiger partial charge is 0.243 e. The van der Waals surface area contributed by atoms with E-state index in [1.807, 2.05) is 26.8 Å². The van der Waals surface area contributed by atoms with Crippen LogP contribution in [0.2, 0.25) is 0 Å². The highest BCUT2D eigenvalue weighted by Gasteiger charge is 2.33. The predicted octanol–water partition coefficient (Wildman–Crippen LogP) is 1.66. The third-order valence-electron chi connectivity index (χ3n) is 3.76. The predicted molar refractivity (Wildman–Crippen MR) is 76.4 cm³/mol. The standard InChI is InChI=1S/C14H22N2O2S/c1-10-6-11(2)8-14(7-10)19(17,18)16-5-4-13(9-16)12(3)15/h6-8,12-13H,4-5,9,15H2,1-3H3. The van der Waals surface area contributed by atoms with Crippen molar-refractivity contribution in [3.05, 3.63) is 29.3 Å². The van der Waals surface area contributed by atoms with Crippen molar-refractivity contribution in [3.8, 4) is 0 Å². The number of hydrogen-bond donors (Lipinski definition) is 1. The molecule has 0 radical (unpaired) electrons. The average Bonchev–Trinajstić information content (AvgIpc) is 2.77. The van der Waals surface area contributed by atoms with Gasteiger partial charge in [0.15, 0.2) is 0 Å². The highest BCUT2D eigenvalue weighted by Crippen LogP contribution is 2.26. The molecule has 0 aliphatic carbocycles. The lowest BCUT2D eigenvalue weighted by atomic mass is 10.0. The van der Waals surface area contributed by atoms with Gasteiger partial charge in [0.2, 0.25) is 10.0 Å². The van der Waals surface area contributed by atoms with Crippen molar-refractivity contribution in [2.24, 2.45) is 11.7 Å². The van der Waals surface area contributed by atoms with Crippen LogP contribution in [-0.2, 0) is 10.0 Å². The molecule has 0 amide bonds. The molecular weight excluding hydrogens is 260 g/mol. The molecule has 19 heavy (non-hydrogen) atoms. The molecule has 2 atom stereocenters. The van der Waals surface area contributed by atoms with E-state index in [2.05, 4.69) is 0 Å². The van der Waals surface area contributed by atoms with E-state index in [4.69, 9.17) is 5.73 Å². The van der Waals surface area contributed by atoms with Gasteiger partial charge in [0, 0.05) is 19.1 Å². The van der Waals surface area contributed by atoms with Crippen LogP contribution in [0.15, 0.2) is 23.1 Å². The number of nitrogens with zero attached hydrogens (tertiary/aromatic N) is 1. The van der Waals surface area contributed by atoms with Crippen LogP contribution in [0.25, 0.3) is 0 Å². The maximum absolute atomic E-state index is 12.6. The van der Waals surface area contributed by atoms with Gasteiger partial charge < -0.3 is 5.73 Å². The lowest BCUT2D eigenvalue weighted by Gasteiger charge is -2.18. The Balaban J connectivity index is 2.28. The summed E-state index contributed by atoms with van der Waals surface area (Å²) in [5, 5.41) is 0. The largest absolute Gasteiger partial charge is 0.328 e. The van der Waals surface area contributed by atoms with Crippen molar-refractivity contribution < 1.29 is 8.42 Å². The topological polar surface area (TPSA) is 63.4 Å². The maximum atomic E-state index is 12.6. The third kappa shape index (κ3) is 2.99. The Hall–Kier alpha value is -0.910. The van der Waals surface area contributed by atoms with Crippen molar-refractivity contribution in [3.63, 3.8) is 0 Å². The van der Waals surface area contributed by atoms with Crippen molar-refractivity contribution >= 4 is 10.0 Å². The van der Waals surface area contributed by atoms with E-state index in [0.29, 0.717) is 18.0 Å². The molecule has 0 saturated carbocycles. The minimum absolute atomic E-state index is 0.0412. The summed E-state index contributed by atoms with van der Waals surface area (Å²) in [6, 6.07) is 5.50. The van der Waals surface area contributed by atoms with Gasteiger partial charge >= 0.3 is 0 Å². The summed E-state index contributed by atoms with van der Waals surface area (Å²) in [6.45, 7) is 6.88. The van der Waals surface area contributed by atoms with Crippen LogP contribution in [0.3, 0.4) is 0 Å². The monoisotopic (exact) mass is 282 g/mol. The van der Waals surface area contributed by atoms with Gasteiger partial charge in [-0.2, -0.15) is 4.31 Å². The Morgan fingerprint density at radius 3 is 2.32 bits per heavy atom. The maximum Gasteiger partial charge on any atom is 0.243 e. The summed E-state index contributed by atoms with van der Waals surface area (Å²) >= 11 is 0. The molecule has 0 spiro atoms. The summed E-state index contributed by atoms with van der Waals surface area (Å²) in [4.78, 5) is 0.398. The zero-order valence-electron chi connectivity index (χ0n) is 11.8. The van der Waals surface area contributed by atoms with Crippen LogP contribution < -0.4 is 5.73 Å². The molecule has 1 aromatic carbocycles. The SMILES string of the molecule is Cc1cc(C)cc(S(=O)(=O)N2CCC(C(C)N)C2)c1. The fourth-order valence-electron chi connectivity index (χ4n) is 2.63. The number of nitrogens with two attached hydrogens (primary N) is 1. The van der Waals surface area contributed by atoms with Crippen molar-refractivity contribution in [2.45, 2.75) is 38.1 Å².